The molecule has 2 aliphatic carbocycles. The molecule has 0 bridgehead atoms. The number of carbonyl (C=O) groups excluding carboxylic acids is 1. The predicted molar refractivity (Wildman–Crippen MR) is 66.6 cm³/mol. The van der Waals surface area contributed by atoms with Gasteiger partial charge in [-0.3, -0.25) is 4.79 Å². The van der Waals surface area contributed by atoms with E-state index in [-0.39, 0.29) is 5.91 Å². The molecule has 2 unspecified atom stereocenters. The van der Waals surface area contributed by atoms with Crippen LogP contribution in [0.4, 0.5) is 0 Å². The molecule has 0 aromatic rings. The summed E-state index contributed by atoms with van der Waals surface area (Å²) < 4.78 is 5.32. The van der Waals surface area contributed by atoms with E-state index in [0.717, 1.165) is 56.2 Å². The third kappa shape index (κ3) is 3.45. The van der Waals surface area contributed by atoms with Crippen LogP contribution in [0.25, 0.3) is 0 Å². The van der Waals surface area contributed by atoms with Crippen molar-refractivity contribution >= 4 is 21.8 Å². The van der Waals surface area contributed by atoms with Gasteiger partial charge in [-0.1, -0.05) is 15.9 Å². The van der Waals surface area contributed by atoms with E-state index in [1.807, 2.05) is 0 Å². The Balaban J connectivity index is 1.48. The molecule has 0 spiro atoms. The maximum Gasteiger partial charge on any atom is 0.223 e. The van der Waals surface area contributed by atoms with E-state index in [9.17, 15) is 4.79 Å². The van der Waals surface area contributed by atoms with E-state index in [2.05, 4.69) is 21.2 Å². The monoisotopic (exact) mass is 289 g/mol. The number of halogens is 1. The average molecular weight is 290 g/mol. The second-order valence-electron chi connectivity index (χ2n) is 4.87. The van der Waals surface area contributed by atoms with Crippen LogP contribution in [0.5, 0.6) is 0 Å². The number of carbonyl (C=O) groups is 1. The predicted octanol–water partition coefficient (Wildman–Crippen LogP) is 1.95. The van der Waals surface area contributed by atoms with Crippen LogP contribution in [0.15, 0.2) is 0 Å². The number of alkyl halides is 1. The van der Waals surface area contributed by atoms with Crippen molar-refractivity contribution in [1.29, 1.82) is 0 Å². The molecule has 3 nitrogen and oxygen atoms in total. The fourth-order valence-corrected chi connectivity index (χ4v) is 2.84. The van der Waals surface area contributed by atoms with Crippen LogP contribution in [-0.4, -0.2) is 31.0 Å². The second-order valence-corrected chi connectivity index (χ2v) is 5.66. The van der Waals surface area contributed by atoms with Gasteiger partial charge in [-0.05, 0) is 37.5 Å². The first kappa shape index (κ1) is 12.4. The molecule has 1 N–H and O–H groups in total. The van der Waals surface area contributed by atoms with Gasteiger partial charge in [0, 0.05) is 24.4 Å². The highest BCUT2D eigenvalue weighted by molar-refractivity contribution is 9.09. The molecule has 2 rings (SSSR count). The molecule has 2 saturated carbocycles. The largest absolute Gasteiger partial charge is 0.381 e. The summed E-state index contributed by atoms with van der Waals surface area (Å²) in [5.74, 6) is 2.36. The van der Waals surface area contributed by atoms with E-state index < -0.39 is 0 Å². The fraction of sp³-hybridized carbons (Fsp3) is 0.917. The van der Waals surface area contributed by atoms with Crippen LogP contribution in [-0.2, 0) is 9.53 Å². The molecule has 0 radical (unpaired) electrons. The lowest BCUT2D eigenvalue weighted by molar-refractivity contribution is -0.125. The van der Waals surface area contributed by atoms with Crippen LogP contribution >= 0.6 is 15.9 Å². The molecule has 0 aromatic carbocycles. The smallest absolute Gasteiger partial charge is 0.223 e. The highest BCUT2D eigenvalue weighted by atomic mass is 79.9. The van der Waals surface area contributed by atoms with Crippen LogP contribution < -0.4 is 5.32 Å². The molecule has 0 saturated heterocycles. The van der Waals surface area contributed by atoms with E-state index in [1.165, 1.54) is 6.42 Å². The Morgan fingerprint density at radius 1 is 1.25 bits per heavy atom. The van der Waals surface area contributed by atoms with E-state index in [4.69, 9.17) is 4.74 Å². The van der Waals surface area contributed by atoms with Crippen LogP contribution in [0.1, 0.15) is 25.7 Å². The summed E-state index contributed by atoms with van der Waals surface area (Å²) in [5.41, 5.74) is 0. The maximum atomic E-state index is 11.7. The van der Waals surface area contributed by atoms with E-state index >= 15 is 0 Å². The molecule has 1 amide bonds. The highest BCUT2D eigenvalue weighted by Gasteiger charge is 2.47. The summed E-state index contributed by atoms with van der Waals surface area (Å²) in [6.07, 6.45) is 4.57. The summed E-state index contributed by atoms with van der Waals surface area (Å²) in [6.45, 7) is 2.24. The normalized spacial score (nSPS) is 31.2. The first-order valence-electron chi connectivity index (χ1n) is 6.22. The third-order valence-electron chi connectivity index (χ3n) is 3.60. The third-order valence-corrected chi connectivity index (χ3v) is 3.92. The Labute approximate surface area is 105 Å². The minimum Gasteiger partial charge on any atom is -0.381 e. The van der Waals surface area contributed by atoms with E-state index in [0.29, 0.717) is 5.92 Å². The van der Waals surface area contributed by atoms with Gasteiger partial charge in [-0.25, -0.2) is 0 Å². The van der Waals surface area contributed by atoms with Crippen molar-refractivity contribution in [3.05, 3.63) is 0 Å². The Kier molecular flexibility index (Phi) is 4.65. The quantitative estimate of drug-likeness (QED) is 0.575. The molecule has 2 fully saturated rings. The molecule has 0 heterocycles. The Bertz CT molecular complexity index is 237. The summed E-state index contributed by atoms with van der Waals surface area (Å²) in [4.78, 5) is 11.7. The lowest BCUT2D eigenvalue weighted by atomic mass is 10.0. The maximum absolute atomic E-state index is 11.7. The van der Waals surface area contributed by atoms with Crippen molar-refractivity contribution in [2.45, 2.75) is 25.7 Å². The zero-order valence-corrected chi connectivity index (χ0v) is 11.2. The second kappa shape index (κ2) is 6.01. The first-order valence-corrected chi connectivity index (χ1v) is 7.35. The van der Waals surface area contributed by atoms with Crippen molar-refractivity contribution in [3.8, 4) is 0 Å². The Morgan fingerprint density at radius 2 is 2.00 bits per heavy atom. The Hall–Kier alpha value is -0.0900. The van der Waals surface area contributed by atoms with Gasteiger partial charge in [-0.15, -0.1) is 0 Å². The zero-order chi connectivity index (χ0) is 11.4. The molecule has 92 valence electrons. The van der Waals surface area contributed by atoms with Crippen molar-refractivity contribution in [2.24, 2.45) is 17.8 Å². The summed E-state index contributed by atoms with van der Waals surface area (Å²) >= 11 is 3.30. The van der Waals surface area contributed by atoms with Crippen molar-refractivity contribution < 1.29 is 9.53 Å². The van der Waals surface area contributed by atoms with Gasteiger partial charge in [0.15, 0.2) is 0 Å². The van der Waals surface area contributed by atoms with Gasteiger partial charge in [-0.2, -0.15) is 0 Å². The standard InChI is InChI=1S/C12H20BrNO2/c13-2-5-16-4-1-3-14-12(15)11-7-9-6-10(9)8-11/h9-11H,1-8H2,(H,14,15). The number of hydrogen-bond donors (Lipinski definition) is 1. The number of rotatable bonds is 7. The molecule has 0 aromatic heterocycles. The summed E-state index contributed by atoms with van der Waals surface area (Å²) in [5, 5.41) is 3.89. The van der Waals surface area contributed by atoms with Crippen LogP contribution in [0.3, 0.4) is 0 Å². The number of fused-ring (bicyclic) bond motifs is 1. The van der Waals surface area contributed by atoms with Gasteiger partial charge in [0.25, 0.3) is 0 Å². The van der Waals surface area contributed by atoms with Gasteiger partial charge < -0.3 is 10.1 Å². The number of hydrogen-bond acceptors (Lipinski definition) is 2. The number of ether oxygens (including phenoxy) is 1. The lowest BCUT2D eigenvalue weighted by Crippen LogP contribution is -2.31. The van der Waals surface area contributed by atoms with Crippen LogP contribution in [0.2, 0.25) is 0 Å². The SMILES string of the molecule is O=C(NCCCOCCBr)C1CC2CC2C1. The Morgan fingerprint density at radius 3 is 2.69 bits per heavy atom. The summed E-state index contributed by atoms with van der Waals surface area (Å²) in [6, 6.07) is 0. The zero-order valence-electron chi connectivity index (χ0n) is 9.58. The fourth-order valence-electron chi connectivity index (χ4n) is 2.62. The van der Waals surface area contributed by atoms with Crippen molar-refractivity contribution in [2.75, 3.05) is 25.1 Å². The minimum atomic E-state index is 0.271. The lowest BCUT2D eigenvalue weighted by Gasteiger charge is -2.12. The van der Waals surface area contributed by atoms with Gasteiger partial charge >= 0.3 is 0 Å². The van der Waals surface area contributed by atoms with Crippen LogP contribution in [0, 0.1) is 17.8 Å². The average Bonchev–Trinajstić information content (AvgIpc) is 2.90. The topological polar surface area (TPSA) is 38.3 Å². The molecular formula is C12H20BrNO2. The first-order chi connectivity index (χ1) is 7.81. The molecular weight excluding hydrogens is 270 g/mol. The van der Waals surface area contributed by atoms with Crippen molar-refractivity contribution in [1.82, 2.24) is 5.32 Å². The van der Waals surface area contributed by atoms with E-state index in [1.54, 1.807) is 0 Å². The van der Waals surface area contributed by atoms with Crippen molar-refractivity contribution in [3.63, 3.8) is 0 Å². The molecule has 4 heteroatoms. The minimum absolute atomic E-state index is 0.271. The molecule has 2 aliphatic rings. The summed E-state index contributed by atoms with van der Waals surface area (Å²) in [7, 11) is 0. The van der Waals surface area contributed by atoms with Gasteiger partial charge in [0.2, 0.25) is 5.91 Å². The molecule has 2 atom stereocenters. The number of nitrogens with one attached hydrogen (secondary N) is 1. The molecule has 0 aliphatic heterocycles. The van der Waals surface area contributed by atoms with Gasteiger partial charge in [0.05, 0.1) is 6.61 Å². The highest BCUT2D eigenvalue weighted by Crippen LogP contribution is 2.54. The molecule has 16 heavy (non-hydrogen) atoms. The van der Waals surface area contributed by atoms with Gasteiger partial charge in [0.1, 0.15) is 0 Å². The number of amides is 1.